The minimum atomic E-state index is 0.597. The normalized spacial score (nSPS) is 15.6. The number of hydrogen-bond donors (Lipinski definition) is 1. The van der Waals surface area contributed by atoms with Crippen LogP contribution in [0.3, 0.4) is 0 Å². The zero-order valence-corrected chi connectivity index (χ0v) is 14.2. The zero-order chi connectivity index (χ0) is 17.1. The average Bonchev–Trinajstić information content (AvgIpc) is 3.08. The van der Waals surface area contributed by atoms with E-state index >= 15 is 0 Å². The van der Waals surface area contributed by atoms with E-state index in [1.165, 1.54) is 5.56 Å². The van der Waals surface area contributed by atoms with Crippen molar-refractivity contribution in [2.75, 3.05) is 44.7 Å². The molecule has 130 valence electrons. The van der Waals surface area contributed by atoms with Gasteiger partial charge in [0.05, 0.1) is 13.2 Å². The van der Waals surface area contributed by atoms with Gasteiger partial charge in [-0.15, -0.1) is 0 Å². The first-order valence-corrected chi connectivity index (χ1v) is 8.52. The molecule has 0 atom stereocenters. The molecule has 25 heavy (non-hydrogen) atoms. The second kappa shape index (κ2) is 7.16. The highest BCUT2D eigenvalue weighted by Gasteiger charge is 2.16. The van der Waals surface area contributed by atoms with Crippen LogP contribution in [-0.2, 0) is 4.74 Å². The molecule has 1 aromatic carbocycles. The number of morpholine rings is 1. The molecule has 0 unspecified atom stereocenters. The fourth-order valence-electron chi connectivity index (χ4n) is 2.95. The summed E-state index contributed by atoms with van der Waals surface area (Å²) in [6.45, 7) is 7.34. The Labute approximate surface area is 146 Å². The second-order valence-corrected chi connectivity index (χ2v) is 6.18. The lowest BCUT2D eigenvalue weighted by molar-refractivity contribution is 0.0398. The van der Waals surface area contributed by atoms with Crippen LogP contribution in [0.1, 0.15) is 5.56 Å². The van der Waals surface area contributed by atoms with E-state index in [4.69, 9.17) is 9.26 Å². The first-order chi connectivity index (χ1) is 12.3. The van der Waals surface area contributed by atoms with Gasteiger partial charge in [-0.2, -0.15) is 0 Å². The highest BCUT2D eigenvalue weighted by Crippen LogP contribution is 2.29. The molecule has 4 rings (SSSR count). The Bertz CT molecular complexity index is 840. The van der Waals surface area contributed by atoms with Gasteiger partial charge < -0.3 is 14.6 Å². The molecule has 3 aromatic rings. The van der Waals surface area contributed by atoms with E-state index in [-0.39, 0.29) is 0 Å². The maximum Gasteiger partial charge on any atom is 0.228 e. The van der Waals surface area contributed by atoms with Crippen LogP contribution in [0.5, 0.6) is 0 Å². The van der Waals surface area contributed by atoms with Gasteiger partial charge in [0, 0.05) is 31.7 Å². The Kier molecular flexibility index (Phi) is 4.58. The predicted octanol–water partition coefficient (Wildman–Crippen LogP) is 2.34. The van der Waals surface area contributed by atoms with E-state index in [2.05, 4.69) is 44.4 Å². The van der Waals surface area contributed by atoms with Gasteiger partial charge >= 0.3 is 0 Å². The first kappa shape index (κ1) is 16.0. The molecule has 3 heterocycles. The van der Waals surface area contributed by atoms with Gasteiger partial charge in [0.15, 0.2) is 5.82 Å². The third-order valence-corrected chi connectivity index (χ3v) is 4.41. The van der Waals surface area contributed by atoms with Crippen LogP contribution in [-0.4, -0.2) is 59.4 Å². The highest BCUT2D eigenvalue weighted by molar-refractivity contribution is 5.93. The Morgan fingerprint density at radius 2 is 1.92 bits per heavy atom. The van der Waals surface area contributed by atoms with Crippen molar-refractivity contribution in [1.82, 2.24) is 20.0 Å². The molecule has 0 spiro atoms. The Morgan fingerprint density at radius 1 is 1.12 bits per heavy atom. The summed E-state index contributed by atoms with van der Waals surface area (Å²) in [5, 5.41) is 7.55. The quantitative estimate of drug-likeness (QED) is 0.764. The lowest BCUT2D eigenvalue weighted by Gasteiger charge is -2.26. The van der Waals surface area contributed by atoms with Gasteiger partial charge in [-0.1, -0.05) is 35.0 Å². The molecule has 1 aliphatic rings. The van der Waals surface area contributed by atoms with E-state index in [9.17, 15) is 0 Å². The number of nitrogens with zero attached hydrogens (tertiary/aromatic N) is 4. The summed E-state index contributed by atoms with van der Waals surface area (Å²) in [6, 6.07) is 8.16. The van der Waals surface area contributed by atoms with E-state index in [1.807, 2.05) is 12.1 Å². The van der Waals surface area contributed by atoms with Gasteiger partial charge in [-0.05, 0) is 6.92 Å². The van der Waals surface area contributed by atoms with Crippen LogP contribution < -0.4 is 5.32 Å². The van der Waals surface area contributed by atoms with E-state index in [1.54, 1.807) is 6.33 Å². The summed E-state index contributed by atoms with van der Waals surface area (Å²) in [6.07, 6.45) is 1.55. The smallest absolute Gasteiger partial charge is 0.228 e. The van der Waals surface area contributed by atoms with Crippen molar-refractivity contribution in [2.45, 2.75) is 6.92 Å². The Hall–Kier alpha value is -2.51. The lowest BCUT2D eigenvalue weighted by atomic mass is 10.1. The van der Waals surface area contributed by atoms with Crippen molar-refractivity contribution in [3.63, 3.8) is 0 Å². The number of aromatic nitrogens is 3. The van der Waals surface area contributed by atoms with Crippen LogP contribution in [0, 0.1) is 6.92 Å². The molecule has 1 fully saturated rings. The Morgan fingerprint density at radius 3 is 2.72 bits per heavy atom. The minimum absolute atomic E-state index is 0.597. The molecule has 0 radical (unpaired) electrons. The number of ether oxygens (including phenoxy) is 1. The number of nitrogens with one attached hydrogen (secondary N) is 1. The summed E-state index contributed by atoms with van der Waals surface area (Å²) in [5.41, 5.74) is 4.26. The van der Waals surface area contributed by atoms with Crippen molar-refractivity contribution < 1.29 is 9.26 Å². The molecule has 7 nitrogen and oxygen atoms in total. The van der Waals surface area contributed by atoms with Crippen molar-refractivity contribution in [1.29, 1.82) is 0 Å². The number of benzene rings is 1. The summed E-state index contributed by atoms with van der Waals surface area (Å²) in [5.74, 6) is 0.684. The van der Waals surface area contributed by atoms with Crippen molar-refractivity contribution >= 4 is 16.9 Å². The third kappa shape index (κ3) is 3.47. The van der Waals surface area contributed by atoms with E-state index in [0.29, 0.717) is 11.4 Å². The van der Waals surface area contributed by atoms with E-state index < -0.39 is 0 Å². The maximum atomic E-state index is 5.54. The molecule has 0 amide bonds. The number of fused-ring (bicyclic) bond motifs is 1. The third-order valence-electron chi connectivity index (χ3n) is 4.41. The number of aryl methyl sites for hydroxylation is 1. The van der Waals surface area contributed by atoms with Crippen LogP contribution in [0.2, 0.25) is 0 Å². The largest absolute Gasteiger partial charge is 0.379 e. The average molecular weight is 339 g/mol. The summed E-state index contributed by atoms with van der Waals surface area (Å²) < 4.78 is 10.9. The molecule has 7 heteroatoms. The molecule has 1 aliphatic heterocycles. The monoisotopic (exact) mass is 339 g/mol. The van der Waals surface area contributed by atoms with Gasteiger partial charge in [0.2, 0.25) is 5.58 Å². The molecule has 1 N–H and O–H groups in total. The predicted molar refractivity (Wildman–Crippen MR) is 95.5 cm³/mol. The summed E-state index contributed by atoms with van der Waals surface area (Å²) in [7, 11) is 0. The molecule has 2 aromatic heterocycles. The van der Waals surface area contributed by atoms with Gasteiger partial charge in [0.25, 0.3) is 0 Å². The SMILES string of the molecule is Cc1ccc(-c2noc3c(NCCN4CCOCC4)ncnc23)cc1. The van der Waals surface area contributed by atoms with Gasteiger partial charge in [-0.3, -0.25) is 4.90 Å². The highest BCUT2D eigenvalue weighted by atomic mass is 16.5. The van der Waals surface area contributed by atoms with Crippen molar-refractivity contribution in [3.05, 3.63) is 36.2 Å². The molecule has 0 saturated carbocycles. The molecule has 0 aliphatic carbocycles. The maximum absolute atomic E-state index is 5.54. The fourth-order valence-corrected chi connectivity index (χ4v) is 2.95. The van der Waals surface area contributed by atoms with Crippen molar-refractivity contribution in [2.24, 2.45) is 0 Å². The van der Waals surface area contributed by atoms with Crippen LogP contribution in [0.4, 0.5) is 5.82 Å². The second-order valence-electron chi connectivity index (χ2n) is 6.18. The van der Waals surface area contributed by atoms with Gasteiger partial charge in [0.1, 0.15) is 17.5 Å². The molecular formula is C18H21N5O2. The molecule has 0 bridgehead atoms. The topological polar surface area (TPSA) is 76.3 Å². The number of anilines is 1. The number of rotatable bonds is 5. The summed E-state index contributed by atoms with van der Waals surface area (Å²) in [4.78, 5) is 11.0. The van der Waals surface area contributed by atoms with Gasteiger partial charge in [-0.25, -0.2) is 9.97 Å². The van der Waals surface area contributed by atoms with E-state index in [0.717, 1.165) is 56.2 Å². The van der Waals surface area contributed by atoms with Crippen LogP contribution >= 0.6 is 0 Å². The summed E-state index contributed by atoms with van der Waals surface area (Å²) >= 11 is 0. The number of hydrogen-bond acceptors (Lipinski definition) is 7. The fraction of sp³-hybridized carbons (Fsp3) is 0.389. The lowest BCUT2D eigenvalue weighted by Crippen LogP contribution is -2.39. The van der Waals surface area contributed by atoms with Crippen LogP contribution in [0.15, 0.2) is 35.1 Å². The van der Waals surface area contributed by atoms with Crippen LogP contribution in [0.25, 0.3) is 22.4 Å². The molecule has 1 saturated heterocycles. The zero-order valence-electron chi connectivity index (χ0n) is 14.2. The van der Waals surface area contributed by atoms with Crippen molar-refractivity contribution in [3.8, 4) is 11.3 Å². The first-order valence-electron chi connectivity index (χ1n) is 8.52. The molecular weight excluding hydrogens is 318 g/mol. The standard InChI is InChI=1S/C18H21N5O2/c1-13-2-4-14(5-3-13)15-16-17(25-22-15)18(21-12-20-16)19-6-7-23-8-10-24-11-9-23/h2-5,12H,6-11H2,1H3,(H,19,20,21). The minimum Gasteiger partial charge on any atom is -0.379 e. The Balaban J connectivity index is 1.51.